The summed E-state index contributed by atoms with van der Waals surface area (Å²) >= 11 is 0. The summed E-state index contributed by atoms with van der Waals surface area (Å²) in [4.78, 5) is 22.1. The van der Waals surface area contributed by atoms with Crippen LogP contribution < -0.4 is 0 Å². The van der Waals surface area contributed by atoms with Gasteiger partial charge in [0.05, 0.1) is 5.92 Å². The molecule has 16 heavy (non-hydrogen) atoms. The normalized spacial score (nSPS) is 15.9. The number of aryl methyl sites for hydroxylation is 1. The molecule has 0 aliphatic heterocycles. The zero-order valence-corrected chi connectivity index (χ0v) is 9.19. The number of carbonyl (C=O) groups is 2. The molecular formula is C13H14O3. The highest BCUT2D eigenvalue weighted by molar-refractivity contribution is 6.00. The minimum atomic E-state index is -0.781. The Kier molecular flexibility index (Phi) is 2.77. The number of hydrogen-bond donors (Lipinski definition) is 1. The Hall–Kier alpha value is -1.64. The molecular weight excluding hydrogens is 204 g/mol. The van der Waals surface area contributed by atoms with E-state index in [1.165, 1.54) is 0 Å². The quantitative estimate of drug-likeness (QED) is 0.845. The molecule has 0 saturated carbocycles. The molecule has 0 fully saturated rings. The molecule has 0 aromatic heterocycles. The van der Waals surface area contributed by atoms with Gasteiger partial charge in [0.2, 0.25) is 0 Å². The first-order valence-electron chi connectivity index (χ1n) is 5.45. The highest BCUT2D eigenvalue weighted by Crippen LogP contribution is 2.24. The lowest BCUT2D eigenvalue weighted by atomic mass is 9.98. The van der Waals surface area contributed by atoms with Gasteiger partial charge in [-0.3, -0.25) is 9.59 Å². The molecule has 1 aliphatic rings. The van der Waals surface area contributed by atoms with Crippen molar-refractivity contribution in [2.45, 2.75) is 26.2 Å². The first kappa shape index (κ1) is 10.9. The monoisotopic (exact) mass is 218 g/mol. The Balaban J connectivity index is 2.19. The lowest BCUT2D eigenvalue weighted by Crippen LogP contribution is -2.12. The van der Waals surface area contributed by atoms with E-state index in [1.807, 2.05) is 18.2 Å². The standard InChI is InChI=1S/C13H14O3/c1-8(13(15)16)6-9-2-4-11-10(7-9)3-5-12(11)14/h2,4,7-8H,3,5-6H2,1H3,(H,15,16)/t8-/m0/s1. The first-order valence-corrected chi connectivity index (χ1v) is 5.45. The van der Waals surface area contributed by atoms with Gasteiger partial charge in [-0.25, -0.2) is 0 Å². The number of ketones is 1. The summed E-state index contributed by atoms with van der Waals surface area (Å²) in [5.74, 6) is -0.959. The summed E-state index contributed by atoms with van der Waals surface area (Å²) in [7, 11) is 0. The van der Waals surface area contributed by atoms with Crippen LogP contribution in [0.4, 0.5) is 0 Å². The summed E-state index contributed by atoms with van der Waals surface area (Å²) in [5.41, 5.74) is 2.88. The van der Waals surface area contributed by atoms with Crippen molar-refractivity contribution in [3.05, 3.63) is 34.9 Å². The third kappa shape index (κ3) is 1.98. The lowest BCUT2D eigenvalue weighted by molar-refractivity contribution is -0.141. The molecule has 1 N–H and O–H groups in total. The smallest absolute Gasteiger partial charge is 0.306 e. The van der Waals surface area contributed by atoms with Crippen molar-refractivity contribution in [3.8, 4) is 0 Å². The molecule has 1 atom stereocenters. The topological polar surface area (TPSA) is 54.4 Å². The minimum Gasteiger partial charge on any atom is -0.481 e. The molecule has 0 bridgehead atoms. The van der Waals surface area contributed by atoms with Crippen molar-refractivity contribution < 1.29 is 14.7 Å². The van der Waals surface area contributed by atoms with Crippen LogP contribution in [-0.4, -0.2) is 16.9 Å². The molecule has 2 rings (SSSR count). The molecule has 1 aromatic rings. The molecule has 3 heteroatoms. The molecule has 84 valence electrons. The van der Waals surface area contributed by atoms with Gasteiger partial charge in [0, 0.05) is 12.0 Å². The van der Waals surface area contributed by atoms with Gasteiger partial charge in [0.25, 0.3) is 0 Å². The molecule has 0 unspecified atom stereocenters. The molecule has 0 spiro atoms. The van der Waals surface area contributed by atoms with Crippen LogP contribution in [0.5, 0.6) is 0 Å². The van der Waals surface area contributed by atoms with E-state index in [0.29, 0.717) is 12.8 Å². The van der Waals surface area contributed by atoms with Crippen molar-refractivity contribution in [1.82, 2.24) is 0 Å². The second kappa shape index (κ2) is 4.08. The number of rotatable bonds is 3. The van der Waals surface area contributed by atoms with Crippen LogP contribution in [0.2, 0.25) is 0 Å². The maximum atomic E-state index is 11.4. The van der Waals surface area contributed by atoms with Crippen LogP contribution in [0.1, 0.15) is 34.8 Å². The van der Waals surface area contributed by atoms with Gasteiger partial charge < -0.3 is 5.11 Å². The number of carboxylic acid groups (broad SMARTS) is 1. The summed E-state index contributed by atoms with van der Waals surface area (Å²) in [6.45, 7) is 1.70. The van der Waals surface area contributed by atoms with Crippen LogP contribution in [0.3, 0.4) is 0 Å². The third-order valence-corrected chi connectivity index (χ3v) is 3.05. The Labute approximate surface area is 94.1 Å². The summed E-state index contributed by atoms with van der Waals surface area (Å²) in [6.07, 6.45) is 1.91. The van der Waals surface area contributed by atoms with Crippen molar-refractivity contribution in [3.63, 3.8) is 0 Å². The molecule has 0 saturated heterocycles. The van der Waals surface area contributed by atoms with Crippen LogP contribution in [0, 0.1) is 5.92 Å². The fraction of sp³-hybridized carbons (Fsp3) is 0.385. The predicted octanol–water partition coefficient (Wildman–Crippen LogP) is 2.08. The number of hydrogen-bond acceptors (Lipinski definition) is 2. The zero-order chi connectivity index (χ0) is 11.7. The maximum Gasteiger partial charge on any atom is 0.306 e. The molecule has 0 heterocycles. The van der Waals surface area contributed by atoms with Crippen LogP contribution in [-0.2, 0) is 17.6 Å². The Bertz CT molecular complexity index is 448. The summed E-state index contributed by atoms with van der Waals surface area (Å²) in [6, 6.07) is 5.66. The largest absolute Gasteiger partial charge is 0.481 e. The first-order chi connectivity index (χ1) is 7.58. The summed E-state index contributed by atoms with van der Waals surface area (Å²) in [5, 5.41) is 8.82. The van der Waals surface area contributed by atoms with E-state index < -0.39 is 5.97 Å². The van der Waals surface area contributed by atoms with Gasteiger partial charge in [0.1, 0.15) is 0 Å². The van der Waals surface area contributed by atoms with E-state index in [0.717, 1.165) is 23.1 Å². The number of benzene rings is 1. The van der Waals surface area contributed by atoms with Crippen LogP contribution in [0.25, 0.3) is 0 Å². The van der Waals surface area contributed by atoms with E-state index in [4.69, 9.17) is 5.11 Å². The minimum absolute atomic E-state index is 0.202. The number of carbonyl (C=O) groups excluding carboxylic acids is 1. The highest BCUT2D eigenvalue weighted by Gasteiger charge is 2.20. The van der Waals surface area contributed by atoms with E-state index in [9.17, 15) is 9.59 Å². The van der Waals surface area contributed by atoms with Crippen molar-refractivity contribution in [1.29, 1.82) is 0 Å². The average Bonchev–Trinajstić information content (AvgIpc) is 2.60. The fourth-order valence-corrected chi connectivity index (χ4v) is 2.08. The highest BCUT2D eigenvalue weighted by atomic mass is 16.4. The lowest BCUT2D eigenvalue weighted by Gasteiger charge is -2.07. The SMILES string of the molecule is C[C@@H](Cc1ccc2c(c1)CCC2=O)C(=O)O. The Morgan fingerprint density at radius 2 is 2.19 bits per heavy atom. The number of aliphatic carboxylic acids is 1. The molecule has 3 nitrogen and oxygen atoms in total. The molecule has 0 radical (unpaired) electrons. The van der Waals surface area contributed by atoms with Gasteiger partial charge in [-0.2, -0.15) is 0 Å². The second-order valence-corrected chi connectivity index (χ2v) is 4.36. The van der Waals surface area contributed by atoms with Crippen molar-refractivity contribution in [2.24, 2.45) is 5.92 Å². The van der Waals surface area contributed by atoms with Gasteiger partial charge in [0.15, 0.2) is 5.78 Å². The van der Waals surface area contributed by atoms with E-state index in [1.54, 1.807) is 6.92 Å². The number of fused-ring (bicyclic) bond motifs is 1. The third-order valence-electron chi connectivity index (χ3n) is 3.05. The fourth-order valence-electron chi connectivity index (χ4n) is 2.08. The van der Waals surface area contributed by atoms with Gasteiger partial charge in [-0.15, -0.1) is 0 Å². The summed E-state index contributed by atoms with van der Waals surface area (Å²) < 4.78 is 0. The average molecular weight is 218 g/mol. The van der Waals surface area contributed by atoms with Crippen LogP contribution in [0.15, 0.2) is 18.2 Å². The van der Waals surface area contributed by atoms with Gasteiger partial charge in [-0.05, 0) is 24.0 Å². The van der Waals surface area contributed by atoms with Crippen LogP contribution >= 0.6 is 0 Å². The van der Waals surface area contributed by atoms with E-state index in [-0.39, 0.29) is 11.7 Å². The molecule has 0 amide bonds. The maximum absolute atomic E-state index is 11.4. The number of carboxylic acids is 1. The van der Waals surface area contributed by atoms with E-state index in [2.05, 4.69) is 0 Å². The molecule has 1 aliphatic carbocycles. The second-order valence-electron chi connectivity index (χ2n) is 4.36. The zero-order valence-electron chi connectivity index (χ0n) is 9.19. The van der Waals surface area contributed by atoms with E-state index >= 15 is 0 Å². The Morgan fingerprint density at radius 3 is 2.88 bits per heavy atom. The predicted molar refractivity (Wildman–Crippen MR) is 59.6 cm³/mol. The number of Topliss-reactive ketones (excluding diaryl/α,β-unsaturated/α-hetero) is 1. The Morgan fingerprint density at radius 1 is 1.44 bits per heavy atom. The van der Waals surface area contributed by atoms with Gasteiger partial charge in [-0.1, -0.05) is 25.1 Å². The molecule has 1 aromatic carbocycles. The van der Waals surface area contributed by atoms with Gasteiger partial charge >= 0.3 is 5.97 Å². The van der Waals surface area contributed by atoms with Crippen molar-refractivity contribution in [2.75, 3.05) is 0 Å². The van der Waals surface area contributed by atoms with Crippen molar-refractivity contribution >= 4 is 11.8 Å².